The molecule has 0 aliphatic heterocycles. The smallest absolute Gasteiger partial charge is 0.144 e. The Morgan fingerprint density at radius 2 is 2.23 bits per heavy atom. The first-order valence-electron chi connectivity index (χ1n) is 4.50. The maximum atomic E-state index is 4.21. The number of nitrogens with zero attached hydrogens (tertiary/aromatic N) is 2. The van der Waals surface area contributed by atoms with Crippen molar-refractivity contribution in [2.75, 3.05) is 5.32 Å². The van der Waals surface area contributed by atoms with Crippen LogP contribution in [0, 0.1) is 5.92 Å². The molecular weight excluding hydrogens is 230 g/mol. The van der Waals surface area contributed by atoms with Crippen molar-refractivity contribution in [2.24, 2.45) is 5.92 Å². The fraction of sp³-hybridized carbons (Fsp3) is 0.556. The third-order valence-electron chi connectivity index (χ3n) is 2.57. The summed E-state index contributed by atoms with van der Waals surface area (Å²) in [5.41, 5.74) is 0. The second-order valence-corrected chi connectivity index (χ2v) is 4.34. The number of aromatic nitrogens is 2. The third-order valence-corrected chi connectivity index (χ3v) is 2.98. The molecule has 1 N–H and O–H groups in total. The van der Waals surface area contributed by atoms with Crippen LogP contribution in [0.1, 0.15) is 19.8 Å². The number of rotatable bonds is 2. The fourth-order valence-corrected chi connectivity index (χ4v) is 1.66. The Labute approximate surface area is 86.1 Å². The van der Waals surface area contributed by atoms with Crippen LogP contribution < -0.4 is 5.32 Å². The molecule has 2 rings (SSSR count). The lowest BCUT2D eigenvalue weighted by Gasteiger charge is -2.34. The van der Waals surface area contributed by atoms with Gasteiger partial charge in [0.05, 0.1) is 12.4 Å². The Morgan fingerprint density at radius 3 is 2.69 bits per heavy atom. The summed E-state index contributed by atoms with van der Waals surface area (Å²) in [5.74, 6) is 1.64. The van der Waals surface area contributed by atoms with Crippen molar-refractivity contribution in [1.82, 2.24) is 9.97 Å². The van der Waals surface area contributed by atoms with Gasteiger partial charge in [-0.15, -0.1) is 0 Å². The summed E-state index contributed by atoms with van der Waals surface area (Å²) >= 11 is 3.25. The van der Waals surface area contributed by atoms with E-state index in [1.165, 1.54) is 12.8 Å². The molecule has 0 radical (unpaired) electrons. The molecule has 1 heterocycles. The number of hydrogen-bond acceptors (Lipinski definition) is 3. The van der Waals surface area contributed by atoms with Crippen LogP contribution in [0.5, 0.6) is 0 Å². The van der Waals surface area contributed by atoms with Gasteiger partial charge in [0.2, 0.25) is 0 Å². The van der Waals surface area contributed by atoms with Crippen LogP contribution in [0.25, 0.3) is 0 Å². The van der Waals surface area contributed by atoms with Crippen LogP contribution in [0.2, 0.25) is 0 Å². The Morgan fingerprint density at radius 1 is 1.38 bits per heavy atom. The van der Waals surface area contributed by atoms with Gasteiger partial charge in [0, 0.05) is 6.04 Å². The van der Waals surface area contributed by atoms with E-state index in [4.69, 9.17) is 0 Å². The standard InChI is InChI=1S/C9H12BrN3/c1-6-2-3-7(6)13-9-5-11-8(10)4-12-9/h4-7H,2-3H2,1H3,(H,12,13). The average molecular weight is 242 g/mol. The molecule has 70 valence electrons. The van der Waals surface area contributed by atoms with Crippen LogP contribution in [0.15, 0.2) is 17.0 Å². The molecule has 2 unspecified atom stereocenters. The van der Waals surface area contributed by atoms with Gasteiger partial charge < -0.3 is 5.32 Å². The molecule has 0 aromatic carbocycles. The maximum Gasteiger partial charge on any atom is 0.144 e. The fourth-order valence-electron chi connectivity index (χ4n) is 1.46. The Kier molecular flexibility index (Phi) is 2.49. The van der Waals surface area contributed by atoms with Crippen LogP contribution in [-0.2, 0) is 0 Å². The zero-order valence-electron chi connectivity index (χ0n) is 7.50. The van der Waals surface area contributed by atoms with Crippen molar-refractivity contribution in [3.8, 4) is 0 Å². The van der Waals surface area contributed by atoms with Crippen molar-refractivity contribution < 1.29 is 0 Å². The van der Waals surface area contributed by atoms with Gasteiger partial charge in [-0.3, -0.25) is 0 Å². The maximum absolute atomic E-state index is 4.21. The van der Waals surface area contributed by atoms with Crippen LogP contribution in [-0.4, -0.2) is 16.0 Å². The number of nitrogens with one attached hydrogen (secondary N) is 1. The molecule has 1 aliphatic rings. The van der Waals surface area contributed by atoms with Crippen molar-refractivity contribution in [3.05, 3.63) is 17.0 Å². The minimum absolute atomic E-state index is 0.593. The third kappa shape index (κ3) is 1.99. The lowest BCUT2D eigenvalue weighted by Crippen LogP contribution is -2.36. The van der Waals surface area contributed by atoms with E-state index in [0.717, 1.165) is 16.3 Å². The molecule has 0 bridgehead atoms. The van der Waals surface area contributed by atoms with E-state index in [2.05, 4.69) is 38.1 Å². The van der Waals surface area contributed by atoms with Crippen molar-refractivity contribution in [3.63, 3.8) is 0 Å². The predicted octanol–water partition coefficient (Wildman–Crippen LogP) is 2.45. The number of halogens is 1. The van der Waals surface area contributed by atoms with E-state index in [1.807, 2.05) is 0 Å². The molecule has 13 heavy (non-hydrogen) atoms. The summed E-state index contributed by atoms with van der Waals surface area (Å²) < 4.78 is 0.778. The van der Waals surface area contributed by atoms with Crippen LogP contribution in [0.3, 0.4) is 0 Å². The zero-order chi connectivity index (χ0) is 9.26. The first-order valence-corrected chi connectivity index (χ1v) is 5.29. The summed E-state index contributed by atoms with van der Waals surface area (Å²) in [4.78, 5) is 8.32. The Hall–Kier alpha value is -0.640. The first kappa shape index (κ1) is 8.94. The van der Waals surface area contributed by atoms with Gasteiger partial charge in [-0.1, -0.05) is 6.92 Å². The second-order valence-electron chi connectivity index (χ2n) is 3.53. The van der Waals surface area contributed by atoms with Crippen LogP contribution >= 0.6 is 15.9 Å². The van der Waals surface area contributed by atoms with E-state index in [9.17, 15) is 0 Å². The van der Waals surface area contributed by atoms with E-state index < -0.39 is 0 Å². The van der Waals surface area contributed by atoms with Crippen molar-refractivity contribution >= 4 is 21.7 Å². The van der Waals surface area contributed by atoms with Crippen LogP contribution in [0.4, 0.5) is 5.82 Å². The molecule has 0 amide bonds. The normalized spacial score (nSPS) is 26.6. The molecular formula is C9H12BrN3. The Balaban J connectivity index is 1.98. The second kappa shape index (κ2) is 3.62. The summed E-state index contributed by atoms with van der Waals surface area (Å²) in [6.07, 6.45) is 6.04. The van der Waals surface area contributed by atoms with Gasteiger partial charge in [0.25, 0.3) is 0 Å². The van der Waals surface area contributed by atoms with Gasteiger partial charge >= 0.3 is 0 Å². The summed E-state index contributed by atoms with van der Waals surface area (Å²) in [6.45, 7) is 2.26. The van der Waals surface area contributed by atoms with E-state index in [1.54, 1.807) is 12.4 Å². The quantitative estimate of drug-likeness (QED) is 0.865. The highest BCUT2D eigenvalue weighted by Gasteiger charge is 2.26. The molecule has 3 nitrogen and oxygen atoms in total. The molecule has 2 atom stereocenters. The first-order chi connectivity index (χ1) is 6.25. The SMILES string of the molecule is CC1CCC1Nc1cnc(Br)cn1. The molecule has 1 aliphatic carbocycles. The number of anilines is 1. The molecule has 0 spiro atoms. The highest BCUT2D eigenvalue weighted by atomic mass is 79.9. The average Bonchev–Trinajstić information content (AvgIpc) is 2.15. The van der Waals surface area contributed by atoms with Gasteiger partial charge in [0.15, 0.2) is 0 Å². The molecule has 1 aromatic rings. The highest BCUT2D eigenvalue weighted by Crippen LogP contribution is 2.28. The molecule has 1 saturated carbocycles. The van der Waals surface area contributed by atoms with E-state index >= 15 is 0 Å². The minimum atomic E-state index is 0.593. The van der Waals surface area contributed by atoms with Gasteiger partial charge in [-0.25, -0.2) is 9.97 Å². The van der Waals surface area contributed by atoms with Crippen molar-refractivity contribution in [1.29, 1.82) is 0 Å². The topological polar surface area (TPSA) is 37.8 Å². The molecule has 1 aromatic heterocycles. The van der Waals surface area contributed by atoms with Gasteiger partial charge in [-0.2, -0.15) is 0 Å². The van der Waals surface area contributed by atoms with E-state index in [0.29, 0.717) is 6.04 Å². The summed E-state index contributed by atoms with van der Waals surface area (Å²) in [7, 11) is 0. The molecule has 4 heteroatoms. The molecule has 1 fully saturated rings. The number of hydrogen-bond donors (Lipinski definition) is 1. The Bertz CT molecular complexity index is 285. The largest absolute Gasteiger partial charge is 0.366 e. The molecule has 0 saturated heterocycles. The summed E-state index contributed by atoms with van der Waals surface area (Å²) in [5, 5.41) is 3.36. The monoisotopic (exact) mass is 241 g/mol. The highest BCUT2D eigenvalue weighted by molar-refractivity contribution is 9.10. The van der Waals surface area contributed by atoms with Gasteiger partial charge in [-0.05, 0) is 34.7 Å². The van der Waals surface area contributed by atoms with Gasteiger partial charge in [0.1, 0.15) is 10.4 Å². The summed E-state index contributed by atoms with van der Waals surface area (Å²) in [6, 6.07) is 0.593. The van der Waals surface area contributed by atoms with E-state index in [-0.39, 0.29) is 0 Å². The minimum Gasteiger partial charge on any atom is -0.366 e. The lowest BCUT2D eigenvalue weighted by atomic mass is 9.81. The van der Waals surface area contributed by atoms with Crippen molar-refractivity contribution in [2.45, 2.75) is 25.8 Å². The lowest BCUT2D eigenvalue weighted by molar-refractivity contribution is 0.303. The predicted molar refractivity (Wildman–Crippen MR) is 55.5 cm³/mol. The zero-order valence-corrected chi connectivity index (χ0v) is 9.08.